The highest BCUT2D eigenvalue weighted by molar-refractivity contribution is 5.74. The molecule has 1 N–H and O–H groups in total. The third-order valence-electron chi connectivity index (χ3n) is 5.01. The summed E-state index contributed by atoms with van der Waals surface area (Å²) in [7, 11) is 3.07. The number of piperazine rings is 1. The van der Waals surface area contributed by atoms with Crippen molar-refractivity contribution in [2.45, 2.75) is 25.6 Å². The molecule has 0 aliphatic carbocycles. The zero-order chi connectivity index (χ0) is 19.9. The topological polar surface area (TPSA) is 60.0 Å². The zero-order valence-electron chi connectivity index (χ0n) is 16.7. The number of hydrogen-bond donors (Lipinski definition) is 1. The minimum Gasteiger partial charge on any atom is -0.496 e. The van der Waals surface area contributed by atoms with Crippen LogP contribution < -0.4 is 14.8 Å². The minimum atomic E-state index is -0.626. The Morgan fingerprint density at radius 1 is 1.18 bits per heavy atom. The molecule has 1 aliphatic rings. The van der Waals surface area contributed by atoms with Crippen LogP contribution in [0.25, 0.3) is 0 Å². The van der Waals surface area contributed by atoms with Gasteiger partial charge in [0.2, 0.25) is 0 Å². The predicted molar refractivity (Wildman–Crippen MR) is 108 cm³/mol. The van der Waals surface area contributed by atoms with E-state index in [0.717, 1.165) is 31.9 Å². The van der Waals surface area contributed by atoms with Crippen LogP contribution in [0.4, 0.5) is 0 Å². The number of nitrogens with one attached hydrogen (secondary N) is 1. The number of hydrogen-bond acceptors (Lipinski definition) is 6. The van der Waals surface area contributed by atoms with Crippen LogP contribution in [0.1, 0.15) is 24.1 Å². The Balaban J connectivity index is 1.70. The van der Waals surface area contributed by atoms with Gasteiger partial charge in [0.05, 0.1) is 20.3 Å². The number of nitrogens with zero attached hydrogens (tertiary/aromatic N) is 1. The zero-order valence-corrected chi connectivity index (χ0v) is 16.7. The average molecular weight is 384 g/mol. The fourth-order valence-corrected chi connectivity index (χ4v) is 3.51. The minimum absolute atomic E-state index is 0.250. The van der Waals surface area contributed by atoms with E-state index in [1.165, 1.54) is 18.2 Å². The van der Waals surface area contributed by atoms with Crippen LogP contribution in [-0.4, -0.2) is 50.8 Å². The van der Waals surface area contributed by atoms with E-state index in [4.69, 9.17) is 14.2 Å². The summed E-state index contributed by atoms with van der Waals surface area (Å²) < 4.78 is 15.9. The Kier molecular flexibility index (Phi) is 6.90. The van der Waals surface area contributed by atoms with Crippen molar-refractivity contribution in [1.82, 2.24) is 10.2 Å². The number of methoxy groups -OCH3 is 2. The summed E-state index contributed by atoms with van der Waals surface area (Å²) in [6.07, 6.45) is -0.626. The van der Waals surface area contributed by atoms with Crippen molar-refractivity contribution < 1.29 is 19.0 Å². The van der Waals surface area contributed by atoms with Crippen molar-refractivity contribution in [2.75, 3.05) is 33.9 Å². The molecule has 1 aliphatic heterocycles. The lowest BCUT2D eigenvalue weighted by atomic mass is 10.0. The lowest BCUT2D eigenvalue weighted by Gasteiger charge is -2.37. The number of carbonyl (C=O) groups is 1. The number of ether oxygens (including phenoxy) is 3. The van der Waals surface area contributed by atoms with Crippen molar-refractivity contribution in [3.05, 3.63) is 59.7 Å². The maximum atomic E-state index is 11.5. The maximum absolute atomic E-state index is 11.5. The summed E-state index contributed by atoms with van der Waals surface area (Å²) >= 11 is 0. The van der Waals surface area contributed by atoms with Crippen LogP contribution in [0.3, 0.4) is 0 Å². The highest BCUT2D eigenvalue weighted by atomic mass is 16.6. The fourth-order valence-electron chi connectivity index (χ4n) is 3.51. The Hall–Kier alpha value is -2.57. The van der Waals surface area contributed by atoms with Gasteiger partial charge in [-0.3, -0.25) is 4.90 Å². The predicted octanol–water partition coefficient (Wildman–Crippen LogP) is 2.78. The molecule has 0 saturated carbocycles. The van der Waals surface area contributed by atoms with Crippen LogP contribution >= 0.6 is 0 Å². The molecule has 3 rings (SSSR count). The lowest BCUT2D eigenvalue weighted by molar-refractivity contribution is -0.147. The van der Waals surface area contributed by atoms with E-state index >= 15 is 0 Å². The molecule has 2 unspecified atom stereocenters. The van der Waals surface area contributed by atoms with Gasteiger partial charge in [0.15, 0.2) is 6.10 Å². The molecule has 6 nitrogen and oxygen atoms in total. The second-order valence-corrected chi connectivity index (χ2v) is 6.86. The molecule has 6 heteroatoms. The van der Waals surface area contributed by atoms with Crippen LogP contribution in [0.2, 0.25) is 0 Å². The summed E-state index contributed by atoms with van der Waals surface area (Å²) in [5.41, 5.74) is 2.39. The Bertz CT molecular complexity index is 778. The first kappa shape index (κ1) is 20.2. The Labute approximate surface area is 166 Å². The van der Waals surface area contributed by atoms with Crippen molar-refractivity contribution in [3.8, 4) is 11.5 Å². The maximum Gasteiger partial charge on any atom is 0.346 e. The molecule has 1 fully saturated rings. The molecule has 2 aromatic rings. The number of carbonyl (C=O) groups excluding carboxylic acids is 1. The van der Waals surface area contributed by atoms with E-state index < -0.39 is 6.10 Å². The molecule has 0 radical (unpaired) electrons. The van der Waals surface area contributed by atoms with E-state index in [2.05, 4.69) is 22.3 Å². The van der Waals surface area contributed by atoms with Gasteiger partial charge in [-0.2, -0.15) is 0 Å². The van der Waals surface area contributed by atoms with Gasteiger partial charge in [-0.15, -0.1) is 0 Å². The summed E-state index contributed by atoms with van der Waals surface area (Å²) in [5.74, 6) is 1.19. The quantitative estimate of drug-likeness (QED) is 0.741. The summed E-state index contributed by atoms with van der Waals surface area (Å²) in [5, 5.41) is 3.49. The molecule has 150 valence electrons. The van der Waals surface area contributed by atoms with Gasteiger partial charge in [0.25, 0.3) is 0 Å². The van der Waals surface area contributed by atoms with Crippen molar-refractivity contribution in [3.63, 3.8) is 0 Å². The first-order chi connectivity index (χ1) is 13.6. The molecule has 1 saturated heterocycles. The van der Waals surface area contributed by atoms with Crippen LogP contribution in [0.15, 0.2) is 48.5 Å². The number of para-hydroxylation sites is 1. The Morgan fingerprint density at radius 2 is 1.93 bits per heavy atom. The monoisotopic (exact) mass is 384 g/mol. The summed E-state index contributed by atoms with van der Waals surface area (Å²) in [4.78, 5) is 14.0. The molecule has 28 heavy (non-hydrogen) atoms. The number of rotatable bonds is 7. The van der Waals surface area contributed by atoms with E-state index in [9.17, 15) is 4.79 Å². The van der Waals surface area contributed by atoms with Gasteiger partial charge >= 0.3 is 5.97 Å². The van der Waals surface area contributed by atoms with Gasteiger partial charge in [-0.25, -0.2) is 4.79 Å². The van der Waals surface area contributed by atoms with Crippen LogP contribution in [0.5, 0.6) is 11.5 Å². The number of esters is 1. The van der Waals surface area contributed by atoms with Crippen molar-refractivity contribution in [2.24, 2.45) is 0 Å². The van der Waals surface area contributed by atoms with E-state index in [0.29, 0.717) is 5.75 Å². The highest BCUT2D eigenvalue weighted by Crippen LogP contribution is 2.31. The van der Waals surface area contributed by atoms with E-state index in [-0.39, 0.29) is 12.0 Å². The molecule has 0 bridgehead atoms. The highest BCUT2D eigenvalue weighted by Gasteiger charge is 2.26. The van der Waals surface area contributed by atoms with Crippen molar-refractivity contribution >= 4 is 5.97 Å². The van der Waals surface area contributed by atoms with Gasteiger partial charge < -0.3 is 19.5 Å². The van der Waals surface area contributed by atoms with Crippen LogP contribution in [-0.2, 0) is 16.1 Å². The molecule has 2 atom stereocenters. The van der Waals surface area contributed by atoms with Gasteiger partial charge in [0, 0.05) is 31.7 Å². The van der Waals surface area contributed by atoms with E-state index in [1.807, 2.05) is 36.4 Å². The summed E-state index contributed by atoms with van der Waals surface area (Å²) in [6.45, 7) is 5.32. The van der Waals surface area contributed by atoms with Gasteiger partial charge in [0.1, 0.15) is 11.5 Å². The average Bonchev–Trinajstić information content (AvgIpc) is 2.74. The molecule has 2 aromatic carbocycles. The smallest absolute Gasteiger partial charge is 0.346 e. The summed E-state index contributed by atoms with van der Waals surface area (Å²) in [6, 6.07) is 16.3. The third-order valence-corrected chi connectivity index (χ3v) is 5.01. The first-order valence-electron chi connectivity index (χ1n) is 9.53. The largest absolute Gasteiger partial charge is 0.496 e. The molecular weight excluding hydrogens is 356 g/mol. The molecule has 0 amide bonds. The second-order valence-electron chi connectivity index (χ2n) is 6.86. The number of benzene rings is 2. The van der Waals surface area contributed by atoms with E-state index in [1.54, 1.807) is 14.0 Å². The third kappa shape index (κ3) is 4.82. The molecule has 0 aromatic heterocycles. The SMILES string of the molecule is COC(=O)C(C)Oc1ccc(CN2CCNCC2c2ccccc2OC)cc1. The molecule has 0 spiro atoms. The Morgan fingerprint density at radius 3 is 2.64 bits per heavy atom. The first-order valence-corrected chi connectivity index (χ1v) is 9.53. The molecular formula is C22H28N2O4. The fraction of sp³-hybridized carbons (Fsp3) is 0.409. The van der Waals surface area contributed by atoms with Gasteiger partial charge in [-0.1, -0.05) is 30.3 Å². The van der Waals surface area contributed by atoms with Crippen LogP contribution in [0, 0.1) is 0 Å². The van der Waals surface area contributed by atoms with Gasteiger partial charge in [-0.05, 0) is 30.7 Å². The standard InChI is InChI=1S/C22H28N2O4/c1-16(22(25)27-3)28-18-10-8-17(9-11-18)15-24-13-12-23-14-20(24)19-6-4-5-7-21(19)26-2/h4-11,16,20,23H,12-15H2,1-3H3. The second kappa shape index (κ2) is 9.57. The molecule has 1 heterocycles. The van der Waals surface area contributed by atoms with Crippen molar-refractivity contribution in [1.29, 1.82) is 0 Å². The lowest BCUT2D eigenvalue weighted by Crippen LogP contribution is -2.45. The normalized spacial score (nSPS) is 18.3.